The SMILES string of the molecule is Cc1ccc(Cl)cc1Oc1nc(Cl)ncc1Br. The molecule has 2 aromatic rings. The van der Waals surface area contributed by atoms with Gasteiger partial charge in [0.05, 0.1) is 4.47 Å². The monoisotopic (exact) mass is 332 g/mol. The number of aromatic nitrogens is 2. The van der Waals surface area contributed by atoms with E-state index in [1.807, 2.05) is 13.0 Å². The van der Waals surface area contributed by atoms with Crippen molar-refractivity contribution >= 4 is 39.1 Å². The molecular weight excluding hydrogens is 327 g/mol. The Bertz CT molecular complexity index is 514. The van der Waals surface area contributed by atoms with E-state index in [0.717, 1.165) is 5.56 Å². The highest BCUT2D eigenvalue weighted by Gasteiger charge is 2.08. The normalized spacial score (nSPS) is 10.4. The van der Waals surface area contributed by atoms with Gasteiger partial charge >= 0.3 is 0 Å². The summed E-state index contributed by atoms with van der Waals surface area (Å²) in [5.74, 6) is 0.989. The van der Waals surface area contributed by atoms with Crippen LogP contribution in [0.2, 0.25) is 10.3 Å². The van der Waals surface area contributed by atoms with E-state index in [4.69, 9.17) is 27.9 Å². The Morgan fingerprint density at radius 1 is 1.29 bits per heavy atom. The van der Waals surface area contributed by atoms with E-state index in [9.17, 15) is 0 Å². The third kappa shape index (κ3) is 3.09. The van der Waals surface area contributed by atoms with Crippen LogP contribution in [-0.4, -0.2) is 9.97 Å². The third-order valence-corrected chi connectivity index (χ3v) is 3.00. The molecule has 0 N–H and O–H groups in total. The highest BCUT2D eigenvalue weighted by Crippen LogP contribution is 2.31. The second-order valence-electron chi connectivity index (χ2n) is 3.30. The Morgan fingerprint density at radius 3 is 2.82 bits per heavy atom. The maximum Gasteiger partial charge on any atom is 0.237 e. The van der Waals surface area contributed by atoms with E-state index in [1.165, 1.54) is 6.20 Å². The molecule has 0 radical (unpaired) electrons. The summed E-state index contributed by atoms with van der Waals surface area (Å²) in [6.45, 7) is 1.92. The first-order chi connectivity index (χ1) is 8.06. The molecule has 0 amide bonds. The Hall–Kier alpha value is -0.840. The van der Waals surface area contributed by atoms with Crippen LogP contribution in [0.15, 0.2) is 28.9 Å². The first-order valence-electron chi connectivity index (χ1n) is 4.68. The van der Waals surface area contributed by atoms with Gasteiger partial charge in [0.15, 0.2) is 0 Å². The molecule has 1 aromatic heterocycles. The van der Waals surface area contributed by atoms with Crippen molar-refractivity contribution in [2.75, 3.05) is 0 Å². The fourth-order valence-corrected chi connectivity index (χ4v) is 1.75. The highest BCUT2D eigenvalue weighted by molar-refractivity contribution is 9.10. The van der Waals surface area contributed by atoms with Gasteiger partial charge in [0.2, 0.25) is 11.2 Å². The number of halogens is 3. The predicted octanol–water partition coefficient (Wildman–Crippen LogP) is 4.65. The van der Waals surface area contributed by atoms with Crippen molar-refractivity contribution in [3.63, 3.8) is 0 Å². The first-order valence-corrected chi connectivity index (χ1v) is 6.23. The molecule has 0 atom stereocenters. The van der Waals surface area contributed by atoms with Gasteiger partial charge in [0.1, 0.15) is 5.75 Å². The maximum absolute atomic E-state index is 5.90. The Balaban J connectivity index is 2.37. The summed E-state index contributed by atoms with van der Waals surface area (Å²) in [5.41, 5.74) is 0.955. The van der Waals surface area contributed by atoms with Crippen molar-refractivity contribution in [1.29, 1.82) is 0 Å². The molecule has 0 saturated heterocycles. The van der Waals surface area contributed by atoms with Crippen LogP contribution < -0.4 is 4.74 Å². The lowest BCUT2D eigenvalue weighted by molar-refractivity contribution is 0.455. The summed E-state index contributed by atoms with van der Waals surface area (Å²) in [7, 11) is 0. The first kappa shape index (κ1) is 12.6. The van der Waals surface area contributed by atoms with E-state index in [0.29, 0.717) is 21.1 Å². The maximum atomic E-state index is 5.90. The van der Waals surface area contributed by atoms with Crippen molar-refractivity contribution < 1.29 is 4.74 Å². The number of benzene rings is 1. The summed E-state index contributed by atoms with van der Waals surface area (Å²) >= 11 is 14.9. The van der Waals surface area contributed by atoms with Crippen LogP contribution in [0.4, 0.5) is 0 Å². The second-order valence-corrected chi connectivity index (χ2v) is 4.93. The molecule has 1 heterocycles. The van der Waals surface area contributed by atoms with Crippen molar-refractivity contribution in [1.82, 2.24) is 9.97 Å². The number of aryl methyl sites for hydroxylation is 1. The minimum Gasteiger partial charge on any atom is -0.437 e. The summed E-state index contributed by atoms with van der Waals surface area (Å²) in [6, 6.07) is 5.39. The molecule has 88 valence electrons. The van der Waals surface area contributed by atoms with Gasteiger partial charge in [-0.05, 0) is 52.2 Å². The molecule has 17 heavy (non-hydrogen) atoms. The number of rotatable bonds is 2. The number of hydrogen-bond donors (Lipinski definition) is 0. The minimum atomic E-state index is 0.128. The Morgan fingerprint density at radius 2 is 2.06 bits per heavy atom. The smallest absolute Gasteiger partial charge is 0.237 e. The van der Waals surface area contributed by atoms with Crippen LogP contribution in [0.3, 0.4) is 0 Å². The zero-order valence-electron chi connectivity index (χ0n) is 8.75. The van der Waals surface area contributed by atoms with E-state index in [-0.39, 0.29) is 5.28 Å². The molecule has 0 aliphatic rings. The summed E-state index contributed by atoms with van der Waals surface area (Å²) in [4.78, 5) is 7.80. The van der Waals surface area contributed by atoms with Crippen LogP contribution in [-0.2, 0) is 0 Å². The summed E-state index contributed by atoms with van der Waals surface area (Å²) < 4.78 is 6.26. The zero-order valence-corrected chi connectivity index (χ0v) is 11.8. The van der Waals surface area contributed by atoms with Gasteiger partial charge in [-0.1, -0.05) is 17.7 Å². The molecule has 6 heteroatoms. The Kier molecular flexibility index (Phi) is 3.86. The fourth-order valence-electron chi connectivity index (χ4n) is 1.19. The van der Waals surface area contributed by atoms with Crippen LogP contribution in [0.5, 0.6) is 11.6 Å². The lowest BCUT2D eigenvalue weighted by atomic mass is 10.2. The van der Waals surface area contributed by atoms with Gasteiger partial charge in [0.25, 0.3) is 0 Å². The molecule has 1 aromatic carbocycles. The van der Waals surface area contributed by atoms with E-state index in [1.54, 1.807) is 12.1 Å². The van der Waals surface area contributed by atoms with Crippen LogP contribution in [0, 0.1) is 6.92 Å². The van der Waals surface area contributed by atoms with Crippen molar-refractivity contribution in [2.24, 2.45) is 0 Å². The number of hydrogen-bond acceptors (Lipinski definition) is 3. The molecule has 0 bridgehead atoms. The highest BCUT2D eigenvalue weighted by atomic mass is 79.9. The summed E-state index contributed by atoms with van der Waals surface area (Å²) in [6.07, 6.45) is 1.53. The van der Waals surface area contributed by atoms with Gasteiger partial charge in [-0.15, -0.1) is 0 Å². The average molecular weight is 334 g/mol. The standard InChI is InChI=1S/C11H7BrCl2N2O/c1-6-2-3-7(13)4-9(6)17-10-8(12)5-15-11(14)16-10/h2-5H,1H3. The van der Waals surface area contributed by atoms with Gasteiger partial charge in [-0.3, -0.25) is 0 Å². The van der Waals surface area contributed by atoms with E-state index in [2.05, 4.69) is 25.9 Å². The van der Waals surface area contributed by atoms with E-state index < -0.39 is 0 Å². The van der Waals surface area contributed by atoms with Gasteiger partial charge in [-0.2, -0.15) is 4.98 Å². The quantitative estimate of drug-likeness (QED) is 0.750. The third-order valence-electron chi connectivity index (χ3n) is 2.04. The topological polar surface area (TPSA) is 35.0 Å². The van der Waals surface area contributed by atoms with Crippen LogP contribution in [0.25, 0.3) is 0 Å². The largest absolute Gasteiger partial charge is 0.437 e. The molecule has 3 nitrogen and oxygen atoms in total. The fraction of sp³-hybridized carbons (Fsp3) is 0.0909. The zero-order chi connectivity index (χ0) is 12.4. The average Bonchev–Trinajstić information content (AvgIpc) is 2.28. The lowest BCUT2D eigenvalue weighted by Gasteiger charge is -2.09. The minimum absolute atomic E-state index is 0.128. The molecule has 0 spiro atoms. The van der Waals surface area contributed by atoms with Crippen LogP contribution in [0.1, 0.15) is 5.56 Å². The molecule has 0 aliphatic carbocycles. The molecule has 0 unspecified atom stereocenters. The number of ether oxygens (including phenoxy) is 1. The van der Waals surface area contributed by atoms with Gasteiger partial charge < -0.3 is 4.74 Å². The lowest BCUT2D eigenvalue weighted by Crippen LogP contribution is -1.93. The molecule has 0 fully saturated rings. The molecule has 0 saturated carbocycles. The van der Waals surface area contributed by atoms with Crippen molar-refractivity contribution in [3.8, 4) is 11.6 Å². The molecule has 2 rings (SSSR count). The summed E-state index contributed by atoms with van der Waals surface area (Å²) in [5, 5.41) is 0.727. The van der Waals surface area contributed by atoms with Crippen molar-refractivity contribution in [3.05, 3.63) is 44.7 Å². The van der Waals surface area contributed by atoms with Gasteiger partial charge in [-0.25, -0.2) is 4.98 Å². The second kappa shape index (κ2) is 5.21. The van der Waals surface area contributed by atoms with Crippen LogP contribution >= 0.6 is 39.1 Å². The Labute approximate surface area is 117 Å². The van der Waals surface area contributed by atoms with Crippen molar-refractivity contribution in [2.45, 2.75) is 6.92 Å². The predicted molar refractivity (Wildman–Crippen MR) is 71.0 cm³/mol. The number of nitrogens with zero attached hydrogens (tertiary/aromatic N) is 2. The van der Waals surface area contributed by atoms with E-state index >= 15 is 0 Å². The van der Waals surface area contributed by atoms with Gasteiger partial charge in [0, 0.05) is 11.2 Å². The molecule has 0 aliphatic heterocycles. The molecular formula is C11H7BrCl2N2O.